The molecule has 0 radical (unpaired) electrons. The largest absolute Gasteiger partial charge is 0.474 e. The number of H-pyrrole nitrogens is 2. The highest BCUT2D eigenvalue weighted by Gasteiger charge is 2.37. The SMILES string of the molecule is C[C@@H]1C[C@H]1Oc1ccn(C(=O)OC(C)(C)C)n1.C[C@@H]1C[C@H]1Oc1ccn[nH]1.C[C@H]1C[C@@H]1Oc1ccn(C(=O)OC(C)(C)C)n1.C[C@H]1C[C@@H]1Oc1ccn[nH]1.O=CC(F)(F)F. The predicted molar refractivity (Wildman–Crippen MR) is 210 cm³/mol. The van der Waals surface area contributed by atoms with Gasteiger partial charge in [0.25, 0.3) is 0 Å². The minimum atomic E-state index is -4.64. The van der Waals surface area contributed by atoms with E-state index in [9.17, 15) is 22.8 Å². The zero-order chi connectivity index (χ0) is 44.4. The molecule has 17 nitrogen and oxygen atoms in total. The van der Waals surface area contributed by atoms with Crippen LogP contribution >= 0.6 is 0 Å². The van der Waals surface area contributed by atoms with Gasteiger partial charge in [-0.05, 0) is 90.9 Å². The van der Waals surface area contributed by atoms with Gasteiger partial charge in [-0.15, -0.1) is 10.2 Å². The lowest BCUT2D eigenvalue weighted by molar-refractivity contribution is -0.156. The van der Waals surface area contributed by atoms with Gasteiger partial charge in [0.05, 0.1) is 12.4 Å². The van der Waals surface area contributed by atoms with Crippen molar-refractivity contribution in [2.24, 2.45) is 23.7 Å². The van der Waals surface area contributed by atoms with E-state index < -0.39 is 35.9 Å². The molecule has 0 amide bonds. The zero-order valence-electron chi connectivity index (χ0n) is 35.6. The van der Waals surface area contributed by atoms with Crippen LogP contribution in [0.3, 0.4) is 0 Å². The van der Waals surface area contributed by atoms with Gasteiger partial charge in [0.15, 0.2) is 0 Å². The molecule has 8 rings (SSSR count). The molecular weight excluding hydrogens is 793 g/mol. The van der Waals surface area contributed by atoms with E-state index in [0.717, 1.165) is 45.8 Å². The number of aromatic amines is 2. The van der Waals surface area contributed by atoms with Crippen LogP contribution < -0.4 is 18.9 Å². The van der Waals surface area contributed by atoms with Gasteiger partial charge in [-0.2, -0.15) is 32.7 Å². The molecule has 4 fully saturated rings. The Morgan fingerprint density at radius 3 is 1.15 bits per heavy atom. The van der Waals surface area contributed by atoms with Gasteiger partial charge < -0.3 is 28.4 Å². The summed E-state index contributed by atoms with van der Waals surface area (Å²) in [5.74, 6) is 5.15. The molecule has 0 saturated heterocycles. The summed E-state index contributed by atoms with van der Waals surface area (Å²) < 4.78 is 66.0. The summed E-state index contributed by atoms with van der Waals surface area (Å²) >= 11 is 0. The number of alkyl halides is 3. The Kier molecular flexibility index (Phi) is 15.8. The first-order valence-corrected chi connectivity index (χ1v) is 19.7. The Balaban J connectivity index is 0.000000173. The average molecular weight is 851 g/mol. The van der Waals surface area contributed by atoms with E-state index in [1.54, 1.807) is 36.9 Å². The van der Waals surface area contributed by atoms with Crippen LogP contribution in [-0.2, 0) is 14.3 Å². The van der Waals surface area contributed by atoms with Crippen LogP contribution in [0.5, 0.6) is 23.5 Å². The fraction of sp³-hybridized carbons (Fsp3) is 0.625. The van der Waals surface area contributed by atoms with Crippen molar-refractivity contribution >= 4 is 18.5 Å². The maximum absolute atomic E-state index is 11.7. The molecule has 20 heteroatoms. The summed E-state index contributed by atoms with van der Waals surface area (Å²) in [6.07, 6.45) is 5.64. The van der Waals surface area contributed by atoms with E-state index in [1.807, 2.05) is 53.7 Å². The quantitative estimate of drug-likeness (QED) is 0.162. The molecule has 4 saturated carbocycles. The van der Waals surface area contributed by atoms with Crippen molar-refractivity contribution in [3.8, 4) is 23.5 Å². The van der Waals surface area contributed by atoms with Gasteiger partial charge in [0.2, 0.25) is 29.8 Å². The van der Waals surface area contributed by atoms with Crippen molar-refractivity contribution < 1.29 is 56.0 Å². The molecule has 0 aliphatic heterocycles. The zero-order valence-corrected chi connectivity index (χ0v) is 35.6. The molecule has 332 valence electrons. The summed E-state index contributed by atoms with van der Waals surface area (Å²) in [5.41, 5.74) is -1.04. The highest BCUT2D eigenvalue weighted by atomic mass is 19.4. The summed E-state index contributed by atoms with van der Waals surface area (Å²) in [6, 6.07) is 7.03. The van der Waals surface area contributed by atoms with Crippen LogP contribution in [0.4, 0.5) is 22.8 Å². The molecule has 4 aliphatic rings. The van der Waals surface area contributed by atoms with Crippen LogP contribution in [0.1, 0.15) is 94.9 Å². The van der Waals surface area contributed by atoms with Crippen LogP contribution in [-0.4, -0.2) is 100 Å². The maximum atomic E-state index is 11.7. The number of ether oxygens (including phenoxy) is 6. The molecule has 0 spiro atoms. The predicted octanol–water partition coefficient (Wildman–Crippen LogP) is 8.05. The summed E-state index contributed by atoms with van der Waals surface area (Å²) in [6.45, 7) is 19.5. The van der Waals surface area contributed by atoms with Gasteiger partial charge in [0.1, 0.15) is 35.6 Å². The van der Waals surface area contributed by atoms with Crippen LogP contribution in [0.2, 0.25) is 0 Å². The molecule has 4 aromatic heterocycles. The van der Waals surface area contributed by atoms with Crippen molar-refractivity contribution in [1.29, 1.82) is 0 Å². The van der Waals surface area contributed by atoms with E-state index in [1.165, 1.54) is 12.8 Å². The number of hydrogen-bond acceptors (Lipinski definition) is 13. The Labute approximate surface area is 346 Å². The second-order valence-electron chi connectivity index (χ2n) is 17.1. The van der Waals surface area contributed by atoms with Crippen molar-refractivity contribution in [2.75, 3.05) is 0 Å². The highest BCUT2D eigenvalue weighted by molar-refractivity contribution is 5.70. The fourth-order valence-corrected chi connectivity index (χ4v) is 4.62. The number of rotatable bonds is 8. The first-order valence-electron chi connectivity index (χ1n) is 19.7. The standard InChI is InChI=1S/2C12H18N2O3.2C7H10N2O.C2HF3O/c2*1-8-7-9(8)16-10-5-6-14(13-10)11(15)17-12(2,3)4;2*1-5-4-6(5)10-7-2-3-8-9-7;3-2(4,5)1-6/h2*5-6,8-9H,7H2,1-4H3;2*2-3,5-6H,4H2,1H3,(H,8,9);1H/t2*8-,9-;2*5-,6-;/m1010./s1. The number of carbonyl (C=O) groups is 3. The molecule has 0 bridgehead atoms. The smallest absolute Gasteiger partial charge is 0.446 e. The van der Waals surface area contributed by atoms with Gasteiger partial charge in [-0.25, -0.2) is 19.8 Å². The third-order valence-corrected chi connectivity index (χ3v) is 8.62. The second-order valence-corrected chi connectivity index (χ2v) is 17.1. The highest BCUT2D eigenvalue weighted by Crippen LogP contribution is 2.35. The molecule has 0 aromatic carbocycles. The minimum absolute atomic E-state index is 0.247. The Bertz CT molecular complexity index is 1790. The molecule has 8 atom stereocenters. The third-order valence-electron chi connectivity index (χ3n) is 8.62. The van der Waals surface area contributed by atoms with E-state index >= 15 is 0 Å². The third kappa shape index (κ3) is 18.1. The molecule has 2 N–H and O–H groups in total. The van der Waals surface area contributed by atoms with Gasteiger partial charge in [-0.3, -0.25) is 4.79 Å². The monoisotopic (exact) mass is 850 g/mol. The number of aromatic nitrogens is 8. The Morgan fingerprint density at radius 2 is 0.917 bits per heavy atom. The summed E-state index contributed by atoms with van der Waals surface area (Å²) in [7, 11) is 0. The first-order chi connectivity index (χ1) is 28.0. The van der Waals surface area contributed by atoms with Gasteiger partial charge in [0, 0.05) is 36.7 Å². The normalized spacial score (nSPS) is 24.4. The van der Waals surface area contributed by atoms with Gasteiger partial charge in [-0.1, -0.05) is 27.7 Å². The Morgan fingerprint density at radius 1 is 0.617 bits per heavy atom. The lowest BCUT2D eigenvalue weighted by atomic mass is 10.2. The molecule has 4 aliphatic carbocycles. The van der Waals surface area contributed by atoms with Crippen molar-refractivity contribution in [1.82, 2.24) is 40.0 Å². The average Bonchev–Trinajstić information content (AvgIpc) is 4.00. The van der Waals surface area contributed by atoms with E-state index in [2.05, 4.69) is 58.3 Å². The lowest BCUT2D eigenvalue weighted by Crippen LogP contribution is -2.27. The molecule has 4 aromatic rings. The number of carbonyl (C=O) groups excluding carboxylic acids is 3. The summed E-state index contributed by atoms with van der Waals surface area (Å²) in [5, 5.41) is 21.1. The molecular formula is C40H57F3N8O9. The summed E-state index contributed by atoms with van der Waals surface area (Å²) in [4.78, 5) is 32.0. The Hall–Kier alpha value is -5.56. The molecule has 60 heavy (non-hydrogen) atoms. The number of aldehydes is 1. The van der Waals surface area contributed by atoms with Crippen LogP contribution in [0, 0.1) is 23.7 Å². The van der Waals surface area contributed by atoms with Crippen molar-refractivity contribution in [2.45, 2.75) is 137 Å². The fourth-order valence-electron chi connectivity index (χ4n) is 4.62. The second kappa shape index (κ2) is 20.1. The number of nitrogens with zero attached hydrogens (tertiary/aromatic N) is 6. The van der Waals surface area contributed by atoms with Gasteiger partial charge >= 0.3 is 18.4 Å². The number of halogens is 3. The van der Waals surface area contributed by atoms with E-state index in [-0.39, 0.29) is 12.2 Å². The molecule has 4 heterocycles. The van der Waals surface area contributed by atoms with E-state index in [0.29, 0.717) is 35.8 Å². The molecule has 0 unspecified atom stereocenters. The first kappa shape index (κ1) is 47.1. The lowest BCUT2D eigenvalue weighted by Gasteiger charge is -2.18. The van der Waals surface area contributed by atoms with Crippen molar-refractivity contribution in [3.63, 3.8) is 0 Å². The van der Waals surface area contributed by atoms with E-state index in [4.69, 9.17) is 33.2 Å². The van der Waals surface area contributed by atoms with Crippen molar-refractivity contribution in [3.05, 3.63) is 49.1 Å². The van der Waals surface area contributed by atoms with Crippen LogP contribution in [0.25, 0.3) is 0 Å². The number of nitrogens with one attached hydrogen (secondary N) is 2. The minimum Gasteiger partial charge on any atom is -0.474 e. The topological polar surface area (TPSA) is 200 Å². The maximum Gasteiger partial charge on any atom is 0.446 e. The van der Waals surface area contributed by atoms with Crippen LogP contribution in [0.15, 0.2) is 49.1 Å². The number of hydrogen-bond donors (Lipinski definition) is 2.